The van der Waals surface area contributed by atoms with E-state index in [1.165, 1.54) is 0 Å². The summed E-state index contributed by atoms with van der Waals surface area (Å²) in [6, 6.07) is 9.25. The van der Waals surface area contributed by atoms with Crippen molar-refractivity contribution in [2.24, 2.45) is 0 Å². The second kappa shape index (κ2) is 10.8. The summed E-state index contributed by atoms with van der Waals surface area (Å²) in [5.74, 6) is -0.0945. The molecular weight excluding hydrogens is 406 g/mol. The van der Waals surface area contributed by atoms with Gasteiger partial charge in [-0.2, -0.15) is 0 Å². The van der Waals surface area contributed by atoms with Crippen LogP contribution in [-0.4, -0.2) is 52.6 Å². The Morgan fingerprint density at radius 3 is 2.34 bits per heavy atom. The van der Waals surface area contributed by atoms with Gasteiger partial charge in [0.1, 0.15) is 5.60 Å². The van der Waals surface area contributed by atoms with Gasteiger partial charge in [0.15, 0.2) is 0 Å². The molecule has 178 valence electrons. The fourth-order valence-electron chi connectivity index (χ4n) is 3.93. The second-order valence-corrected chi connectivity index (χ2v) is 10.6. The topological polar surface area (TPSA) is 87.7 Å². The molecule has 0 spiro atoms. The van der Waals surface area contributed by atoms with Crippen molar-refractivity contribution in [2.75, 3.05) is 6.54 Å². The van der Waals surface area contributed by atoms with Crippen LogP contribution in [0.3, 0.4) is 0 Å². The lowest BCUT2D eigenvalue weighted by Gasteiger charge is -2.29. The van der Waals surface area contributed by atoms with Crippen molar-refractivity contribution in [3.8, 4) is 0 Å². The molecule has 1 saturated heterocycles. The van der Waals surface area contributed by atoms with Gasteiger partial charge in [0.05, 0.1) is 0 Å². The van der Waals surface area contributed by atoms with Gasteiger partial charge in [-0.05, 0) is 66.4 Å². The van der Waals surface area contributed by atoms with Crippen molar-refractivity contribution in [1.29, 1.82) is 0 Å². The monoisotopic (exact) mass is 445 g/mol. The number of amides is 3. The molecule has 2 rings (SSSR count). The summed E-state index contributed by atoms with van der Waals surface area (Å²) in [6.45, 7) is 11.9. The number of ether oxygens (including phenoxy) is 1. The predicted molar refractivity (Wildman–Crippen MR) is 125 cm³/mol. The van der Waals surface area contributed by atoms with Crippen LogP contribution < -0.4 is 10.6 Å². The molecule has 2 N–H and O–H groups in total. The molecule has 0 saturated carbocycles. The van der Waals surface area contributed by atoms with E-state index in [0.717, 1.165) is 18.4 Å². The first-order valence-electron chi connectivity index (χ1n) is 11.5. The first-order valence-corrected chi connectivity index (χ1v) is 11.5. The number of carbonyl (C=O) groups excluding carboxylic acids is 3. The van der Waals surface area contributed by atoms with E-state index >= 15 is 0 Å². The number of benzene rings is 1. The smallest absolute Gasteiger partial charge is 0.407 e. The van der Waals surface area contributed by atoms with Crippen LogP contribution >= 0.6 is 0 Å². The predicted octanol–water partition coefficient (Wildman–Crippen LogP) is 3.81. The molecule has 0 aliphatic carbocycles. The van der Waals surface area contributed by atoms with Crippen molar-refractivity contribution in [2.45, 2.75) is 96.9 Å². The quantitative estimate of drug-likeness (QED) is 0.668. The molecule has 3 amide bonds. The number of hydrogen-bond donors (Lipinski definition) is 2. The van der Waals surface area contributed by atoms with Gasteiger partial charge < -0.3 is 20.3 Å². The third-order valence-electron chi connectivity index (χ3n) is 5.10. The summed E-state index contributed by atoms with van der Waals surface area (Å²) >= 11 is 0. The highest BCUT2D eigenvalue weighted by Gasteiger charge is 2.32. The Kier molecular flexibility index (Phi) is 8.70. The van der Waals surface area contributed by atoms with Gasteiger partial charge in [0, 0.05) is 37.0 Å². The molecule has 1 aromatic carbocycles. The molecule has 1 fully saturated rings. The maximum atomic E-state index is 13.2. The van der Waals surface area contributed by atoms with Gasteiger partial charge >= 0.3 is 6.09 Å². The van der Waals surface area contributed by atoms with Crippen LogP contribution in [0.4, 0.5) is 4.79 Å². The Morgan fingerprint density at radius 1 is 1.09 bits per heavy atom. The minimum atomic E-state index is -0.619. The first-order chi connectivity index (χ1) is 14.8. The summed E-state index contributed by atoms with van der Waals surface area (Å²) in [5, 5.41) is 5.85. The van der Waals surface area contributed by atoms with Gasteiger partial charge in [-0.3, -0.25) is 9.59 Å². The van der Waals surface area contributed by atoms with Crippen LogP contribution in [0.15, 0.2) is 30.3 Å². The fraction of sp³-hybridized carbons (Fsp3) is 0.640. The Bertz CT molecular complexity index is 781. The zero-order valence-electron chi connectivity index (χ0n) is 20.4. The van der Waals surface area contributed by atoms with E-state index < -0.39 is 17.7 Å². The number of nitrogens with zero attached hydrogens (tertiary/aromatic N) is 1. The Balaban J connectivity index is 2.05. The fourth-order valence-corrected chi connectivity index (χ4v) is 3.93. The number of rotatable bonds is 7. The third-order valence-corrected chi connectivity index (χ3v) is 5.10. The van der Waals surface area contributed by atoms with Gasteiger partial charge in [0.25, 0.3) is 0 Å². The lowest BCUT2D eigenvalue weighted by atomic mass is 10.0. The number of hydrogen-bond acceptors (Lipinski definition) is 4. The van der Waals surface area contributed by atoms with Crippen LogP contribution in [0.5, 0.6) is 0 Å². The van der Waals surface area contributed by atoms with Gasteiger partial charge in [-0.25, -0.2) is 4.79 Å². The van der Waals surface area contributed by atoms with Crippen molar-refractivity contribution in [3.63, 3.8) is 0 Å². The molecule has 7 nitrogen and oxygen atoms in total. The van der Waals surface area contributed by atoms with Gasteiger partial charge in [0.2, 0.25) is 11.8 Å². The minimum Gasteiger partial charge on any atom is -0.444 e. The third kappa shape index (κ3) is 9.28. The van der Waals surface area contributed by atoms with E-state index in [2.05, 4.69) is 10.6 Å². The van der Waals surface area contributed by atoms with E-state index in [1.54, 1.807) is 25.7 Å². The lowest BCUT2D eigenvalue weighted by Crippen LogP contribution is -2.47. The summed E-state index contributed by atoms with van der Waals surface area (Å²) < 4.78 is 5.41. The average molecular weight is 446 g/mol. The lowest BCUT2D eigenvalue weighted by molar-refractivity contribution is -0.133. The van der Waals surface area contributed by atoms with Gasteiger partial charge in [-0.15, -0.1) is 0 Å². The Hall–Kier alpha value is -2.57. The summed E-state index contributed by atoms with van der Waals surface area (Å²) in [5.41, 5.74) is 0.109. The van der Waals surface area contributed by atoms with E-state index in [1.807, 2.05) is 51.1 Å². The number of nitrogens with one attached hydrogen (secondary N) is 2. The maximum absolute atomic E-state index is 13.2. The van der Waals surface area contributed by atoms with Crippen molar-refractivity contribution < 1.29 is 19.1 Å². The highest BCUT2D eigenvalue weighted by atomic mass is 16.6. The number of likely N-dealkylation sites (tertiary alicyclic amines) is 1. The summed E-state index contributed by atoms with van der Waals surface area (Å²) in [6.07, 6.45) is 2.13. The highest BCUT2D eigenvalue weighted by molar-refractivity contribution is 5.81. The molecular formula is C25H39N3O4. The molecule has 1 aliphatic rings. The Morgan fingerprint density at radius 2 is 1.75 bits per heavy atom. The molecule has 0 radical (unpaired) electrons. The molecule has 1 aliphatic heterocycles. The van der Waals surface area contributed by atoms with Crippen molar-refractivity contribution >= 4 is 17.9 Å². The molecule has 0 bridgehead atoms. The van der Waals surface area contributed by atoms with Crippen molar-refractivity contribution in [1.82, 2.24) is 15.5 Å². The molecule has 1 aromatic rings. The normalized spacial score (nSPS) is 17.6. The van der Waals surface area contributed by atoms with Crippen LogP contribution in [0, 0.1) is 0 Å². The SMILES string of the molecule is CC(C)(C)NC(=O)C[C@@H]1CCCN1C(=O)C[C@H](Cc1ccccc1)NC(=O)OC(C)(C)C. The van der Waals surface area contributed by atoms with E-state index in [-0.39, 0.29) is 29.8 Å². The largest absolute Gasteiger partial charge is 0.444 e. The summed E-state index contributed by atoms with van der Waals surface area (Å²) in [7, 11) is 0. The number of carbonyl (C=O) groups is 3. The standard InChI is InChI=1S/C25H39N3O4/c1-24(2,3)27-21(29)17-20-13-10-14-28(20)22(30)16-19(15-18-11-8-7-9-12-18)26-23(31)32-25(4,5)6/h7-9,11-12,19-20H,10,13-17H2,1-6H3,(H,26,31)(H,27,29)/t19-,20-/m0/s1. The summed E-state index contributed by atoms with van der Waals surface area (Å²) in [4.78, 5) is 39.8. The molecule has 1 heterocycles. The van der Waals surface area contributed by atoms with Gasteiger partial charge in [-0.1, -0.05) is 30.3 Å². The van der Waals surface area contributed by atoms with Crippen molar-refractivity contribution in [3.05, 3.63) is 35.9 Å². The highest BCUT2D eigenvalue weighted by Crippen LogP contribution is 2.22. The van der Waals surface area contributed by atoms with Crippen LogP contribution in [0.25, 0.3) is 0 Å². The van der Waals surface area contributed by atoms with E-state index in [9.17, 15) is 14.4 Å². The first kappa shape index (κ1) is 25.7. The Labute approximate surface area is 192 Å². The average Bonchev–Trinajstić information content (AvgIpc) is 3.07. The van der Waals surface area contributed by atoms with E-state index in [0.29, 0.717) is 19.4 Å². The van der Waals surface area contributed by atoms with Crippen LogP contribution in [0.2, 0.25) is 0 Å². The minimum absolute atomic E-state index is 0.0464. The molecule has 0 unspecified atom stereocenters. The second-order valence-electron chi connectivity index (χ2n) is 10.6. The maximum Gasteiger partial charge on any atom is 0.407 e. The van der Waals surface area contributed by atoms with Crippen LogP contribution in [0.1, 0.15) is 72.8 Å². The molecule has 7 heteroatoms. The number of alkyl carbamates (subject to hydrolysis) is 1. The zero-order valence-corrected chi connectivity index (χ0v) is 20.4. The molecule has 2 atom stereocenters. The van der Waals surface area contributed by atoms with Crippen LogP contribution in [-0.2, 0) is 20.7 Å². The molecule has 0 aromatic heterocycles. The van der Waals surface area contributed by atoms with E-state index in [4.69, 9.17) is 4.74 Å². The zero-order chi connectivity index (χ0) is 23.9. The molecule has 32 heavy (non-hydrogen) atoms.